The van der Waals surface area contributed by atoms with E-state index in [4.69, 9.17) is 0 Å². The molecular weight excluding hydrogens is 262 g/mol. The summed E-state index contributed by atoms with van der Waals surface area (Å²) in [4.78, 5) is 14.8. The van der Waals surface area contributed by atoms with Crippen molar-refractivity contribution in [1.29, 1.82) is 0 Å². The smallest absolute Gasteiger partial charge is 0.267 e. The summed E-state index contributed by atoms with van der Waals surface area (Å²) in [5, 5.41) is 13.4. The zero-order chi connectivity index (χ0) is 13.4. The number of phenolic OH excluding ortho intramolecular Hbond substituents is 1. The molecule has 0 spiro atoms. The second-order valence-electron chi connectivity index (χ2n) is 4.62. The van der Waals surface area contributed by atoms with Gasteiger partial charge in [0, 0.05) is 13.1 Å². The Morgan fingerprint density at radius 2 is 2.26 bits per heavy atom. The summed E-state index contributed by atoms with van der Waals surface area (Å²) in [6.07, 6.45) is 0.812. The number of phenols is 1. The van der Waals surface area contributed by atoms with Crippen molar-refractivity contribution in [1.82, 2.24) is 14.5 Å². The third kappa shape index (κ3) is 2.19. The van der Waals surface area contributed by atoms with Crippen LogP contribution >= 0.6 is 11.5 Å². The first-order chi connectivity index (χ1) is 9.15. The molecule has 1 aromatic heterocycles. The number of fused-ring (bicyclic) bond motifs is 1. The molecule has 0 bridgehead atoms. The first kappa shape index (κ1) is 12.1. The fourth-order valence-corrected chi connectivity index (χ4v) is 2.91. The highest BCUT2D eigenvalue weighted by molar-refractivity contribution is 7.07. The van der Waals surface area contributed by atoms with Gasteiger partial charge >= 0.3 is 0 Å². The fraction of sp³-hybridized carbons (Fsp3) is 0.308. The van der Waals surface area contributed by atoms with Crippen molar-refractivity contribution in [3.8, 4) is 5.75 Å². The van der Waals surface area contributed by atoms with Gasteiger partial charge in [0.15, 0.2) is 0 Å². The van der Waals surface area contributed by atoms with Crippen molar-refractivity contribution in [2.45, 2.75) is 19.9 Å². The van der Waals surface area contributed by atoms with Gasteiger partial charge in [0.25, 0.3) is 5.91 Å². The van der Waals surface area contributed by atoms with Crippen LogP contribution in [-0.2, 0) is 13.0 Å². The lowest BCUT2D eigenvalue weighted by molar-refractivity contribution is 0.0738. The first-order valence-corrected chi connectivity index (χ1v) is 6.81. The minimum absolute atomic E-state index is 0.0264. The van der Waals surface area contributed by atoms with Gasteiger partial charge in [-0.2, -0.15) is 0 Å². The zero-order valence-corrected chi connectivity index (χ0v) is 11.3. The first-order valence-electron chi connectivity index (χ1n) is 6.04. The molecule has 0 unspecified atom stereocenters. The second-order valence-corrected chi connectivity index (χ2v) is 5.37. The SMILES string of the molecule is Cc1nnsc1C(=O)N1CCc2ccc(O)cc2C1. The predicted octanol–water partition coefficient (Wildman–Crippen LogP) is 1.75. The molecule has 1 aliphatic heterocycles. The van der Waals surface area contributed by atoms with Gasteiger partial charge in [-0.3, -0.25) is 4.79 Å². The van der Waals surface area contributed by atoms with Gasteiger partial charge < -0.3 is 10.0 Å². The lowest BCUT2D eigenvalue weighted by Gasteiger charge is -2.28. The predicted molar refractivity (Wildman–Crippen MR) is 71.2 cm³/mol. The summed E-state index contributed by atoms with van der Waals surface area (Å²) in [6.45, 7) is 3.01. The van der Waals surface area contributed by atoms with Crippen molar-refractivity contribution in [3.05, 3.63) is 39.9 Å². The average Bonchev–Trinajstić information content (AvgIpc) is 2.83. The number of aromatic nitrogens is 2. The second kappa shape index (κ2) is 4.62. The molecule has 2 aromatic rings. The van der Waals surface area contributed by atoms with Gasteiger partial charge in [-0.05, 0) is 48.1 Å². The van der Waals surface area contributed by atoms with E-state index in [1.54, 1.807) is 24.0 Å². The Morgan fingerprint density at radius 3 is 3.00 bits per heavy atom. The molecule has 0 atom stereocenters. The van der Waals surface area contributed by atoms with Gasteiger partial charge in [0.1, 0.15) is 10.6 Å². The Bertz CT molecular complexity index is 639. The molecule has 0 radical (unpaired) electrons. The van der Waals surface area contributed by atoms with Crippen LogP contribution in [0.15, 0.2) is 18.2 Å². The molecule has 2 heterocycles. The standard InChI is InChI=1S/C13H13N3O2S/c1-8-12(19-15-14-8)13(18)16-5-4-9-2-3-11(17)6-10(9)7-16/h2-3,6,17H,4-5,7H2,1H3. The van der Waals surface area contributed by atoms with E-state index in [0.29, 0.717) is 23.7 Å². The topological polar surface area (TPSA) is 66.3 Å². The highest BCUT2D eigenvalue weighted by Gasteiger charge is 2.24. The van der Waals surface area contributed by atoms with E-state index in [-0.39, 0.29) is 11.7 Å². The normalized spacial score (nSPS) is 14.3. The maximum atomic E-state index is 12.4. The molecule has 0 saturated heterocycles. The van der Waals surface area contributed by atoms with Crippen LogP contribution in [0.2, 0.25) is 0 Å². The van der Waals surface area contributed by atoms with Crippen LogP contribution in [0.4, 0.5) is 0 Å². The molecule has 6 heteroatoms. The molecule has 0 aliphatic carbocycles. The summed E-state index contributed by atoms with van der Waals surface area (Å²) < 4.78 is 3.80. The van der Waals surface area contributed by atoms with Crippen LogP contribution in [0.5, 0.6) is 5.75 Å². The molecule has 1 aliphatic rings. The molecule has 5 nitrogen and oxygen atoms in total. The Morgan fingerprint density at radius 1 is 1.42 bits per heavy atom. The van der Waals surface area contributed by atoms with Crippen molar-refractivity contribution >= 4 is 17.4 Å². The third-order valence-corrected chi connectivity index (χ3v) is 4.15. The van der Waals surface area contributed by atoms with Crippen LogP contribution < -0.4 is 0 Å². The van der Waals surface area contributed by atoms with Crippen LogP contribution in [0.3, 0.4) is 0 Å². The monoisotopic (exact) mass is 275 g/mol. The summed E-state index contributed by atoms with van der Waals surface area (Å²) in [5.41, 5.74) is 2.88. The van der Waals surface area contributed by atoms with E-state index in [1.165, 1.54) is 5.56 Å². The minimum Gasteiger partial charge on any atom is -0.508 e. The lowest BCUT2D eigenvalue weighted by Crippen LogP contribution is -2.35. The van der Waals surface area contributed by atoms with E-state index < -0.39 is 0 Å². The number of carbonyl (C=O) groups excluding carboxylic acids is 1. The average molecular weight is 275 g/mol. The summed E-state index contributed by atoms with van der Waals surface area (Å²) >= 11 is 1.13. The van der Waals surface area contributed by atoms with E-state index in [9.17, 15) is 9.90 Å². The number of nitrogens with zero attached hydrogens (tertiary/aromatic N) is 3. The Hall–Kier alpha value is -1.95. The molecule has 1 amide bonds. The van der Waals surface area contributed by atoms with Crippen LogP contribution in [0.25, 0.3) is 0 Å². The third-order valence-electron chi connectivity index (χ3n) is 3.34. The van der Waals surface area contributed by atoms with E-state index >= 15 is 0 Å². The van der Waals surface area contributed by atoms with Gasteiger partial charge in [-0.25, -0.2) is 0 Å². The molecular formula is C13H13N3O2S. The van der Waals surface area contributed by atoms with Gasteiger partial charge in [-0.15, -0.1) is 5.10 Å². The summed E-state index contributed by atoms with van der Waals surface area (Å²) in [5.74, 6) is 0.213. The van der Waals surface area contributed by atoms with E-state index in [1.807, 2.05) is 6.07 Å². The molecule has 19 heavy (non-hydrogen) atoms. The van der Waals surface area contributed by atoms with Crippen molar-refractivity contribution in [3.63, 3.8) is 0 Å². The molecule has 98 valence electrons. The quantitative estimate of drug-likeness (QED) is 0.861. The summed E-state index contributed by atoms with van der Waals surface area (Å²) in [7, 11) is 0. The zero-order valence-electron chi connectivity index (χ0n) is 10.5. The maximum absolute atomic E-state index is 12.4. The number of aryl methyl sites for hydroxylation is 1. The lowest BCUT2D eigenvalue weighted by atomic mass is 9.99. The number of amides is 1. The number of hydrogen-bond donors (Lipinski definition) is 1. The number of benzene rings is 1. The van der Waals surface area contributed by atoms with Crippen LogP contribution in [-0.4, -0.2) is 32.0 Å². The Balaban J connectivity index is 1.86. The van der Waals surface area contributed by atoms with Crippen molar-refractivity contribution < 1.29 is 9.90 Å². The number of aromatic hydroxyl groups is 1. The van der Waals surface area contributed by atoms with Crippen molar-refractivity contribution in [2.75, 3.05) is 6.54 Å². The molecule has 1 aromatic carbocycles. The molecule has 3 rings (SSSR count). The largest absolute Gasteiger partial charge is 0.508 e. The molecule has 0 fully saturated rings. The Labute approximate surface area is 114 Å². The van der Waals surface area contributed by atoms with Crippen LogP contribution in [0.1, 0.15) is 26.5 Å². The van der Waals surface area contributed by atoms with E-state index in [0.717, 1.165) is 23.5 Å². The minimum atomic E-state index is -0.0264. The highest BCUT2D eigenvalue weighted by atomic mass is 32.1. The van der Waals surface area contributed by atoms with Gasteiger partial charge in [-0.1, -0.05) is 10.6 Å². The van der Waals surface area contributed by atoms with E-state index in [2.05, 4.69) is 9.59 Å². The molecule has 1 N–H and O–H groups in total. The number of hydrogen-bond acceptors (Lipinski definition) is 5. The van der Waals surface area contributed by atoms with Gasteiger partial charge in [0.05, 0.1) is 5.69 Å². The van der Waals surface area contributed by atoms with Gasteiger partial charge in [0.2, 0.25) is 0 Å². The summed E-state index contributed by atoms with van der Waals surface area (Å²) in [6, 6.07) is 5.34. The van der Waals surface area contributed by atoms with Crippen molar-refractivity contribution in [2.24, 2.45) is 0 Å². The maximum Gasteiger partial charge on any atom is 0.267 e. The fourth-order valence-electron chi connectivity index (χ4n) is 2.29. The van der Waals surface area contributed by atoms with Crippen LogP contribution in [0, 0.1) is 6.92 Å². The highest BCUT2D eigenvalue weighted by Crippen LogP contribution is 2.25. The number of rotatable bonds is 1. The molecule has 0 saturated carbocycles. The number of carbonyl (C=O) groups is 1. The Kier molecular flexibility index (Phi) is 2.94.